The Morgan fingerprint density at radius 2 is 2.29 bits per heavy atom. The summed E-state index contributed by atoms with van der Waals surface area (Å²) in [5, 5.41) is 10.9. The third-order valence-corrected chi connectivity index (χ3v) is 3.10. The monoisotopic (exact) mass is 310 g/mol. The van der Waals surface area contributed by atoms with Gasteiger partial charge in [-0.2, -0.15) is 0 Å². The maximum atomic E-state index is 11.6. The van der Waals surface area contributed by atoms with Gasteiger partial charge in [0.25, 0.3) is 0 Å². The first kappa shape index (κ1) is 15.2. The Bertz CT molecular complexity index is 589. The number of carbonyl (C=O) groups excluding carboxylic acids is 1. The van der Waals surface area contributed by atoms with E-state index >= 15 is 0 Å². The third-order valence-electron chi connectivity index (χ3n) is 2.96. The molecule has 1 heterocycles. The molecule has 2 rings (SSSR count). The second kappa shape index (κ2) is 7.58. The van der Waals surface area contributed by atoms with Gasteiger partial charge in [0, 0.05) is 18.5 Å². The summed E-state index contributed by atoms with van der Waals surface area (Å²) in [7, 11) is 0. The van der Waals surface area contributed by atoms with Crippen molar-refractivity contribution in [1.29, 1.82) is 0 Å². The molecule has 0 aliphatic rings. The highest BCUT2D eigenvalue weighted by Crippen LogP contribution is 2.24. The average Bonchev–Trinajstić information content (AvgIpc) is 3.03. The molecule has 0 N–H and O–H groups in total. The lowest BCUT2D eigenvalue weighted by Gasteiger charge is -2.12. The summed E-state index contributed by atoms with van der Waals surface area (Å²) in [5.74, 6) is 0.0847. The van der Waals surface area contributed by atoms with Gasteiger partial charge in [0.1, 0.15) is 23.9 Å². The van der Waals surface area contributed by atoms with E-state index in [1.807, 2.05) is 13.0 Å². The Morgan fingerprint density at radius 1 is 1.43 bits per heavy atom. The van der Waals surface area contributed by atoms with E-state index in [0.717, 1.165) is 12.0 Å². The summed E-state index contributed by atoms with van der Waals surface area (Å²) >= 11 is 5.14. The minimum atomic E-state index is -0.576. The molecule has 0 spiro atoms. The molecule has 0 saturated carbocycles. The van der Waals surface area contributed by atoms with Crippen LogP contribution >= 0.6 is 11.9 Å². The molecular weight excluding hydrogens is 296 g/mol. The number of hydrogen-bond donors (Lipinski definition) is 0. The number of hydrogen-bond acceptors (Lipinski definition) is 6. The molecule has 0 aliphatic carbocycles. The van der Waals surface area contributed by atoms with Gasteiger partial charge in [-0.3, -0.25) is 0 Å². The van der Waals surface area contributed by atoms with Crippen LogP contribution in [0.5, 0.6) is 5.75 Å². The van der Waals surface area contributed by atoms with Crippen LogP contribution in [0.1, 0.15) is 29.3 Å². The molecule has 21 heavy (non-hydrogen) atoms. The summed E-state index contributed by atoms with van der Waals surface area (Å²) in [6, 6.07) is 5.22. The quantitative estimate of drug-likeness (QED) is 0.728. The van der Waals surface area contributed by atoms with Crippen molar-refractivity contribution in [3.8, 4) is 5.75 Å². The van der Waals surface area contributed by atoms with Gasteiger partial charge in [-0.15, -0.1) is 5.10 Å². The number of carbonyl (C=O) groups is 1. The Hall–Kier alpha value is -2.15. The number of benzene rings is 1. The zero-order valence-electron chi connectivity index (χ0n) is 11.5. The zero-order valence-corrected chi connectivity index (χ0v) is 12.3. The third kappa shape index (κ3) is 3.91. The summed E-state index contributed by atoms with van der Waals surface area (Å²) in [6.07, 6.45) is 2.94. The minimum absolute atomic E-state index is 0.422. The Balaban J connectivity index is 1.97. The van der Waals surface area contributed by atoms with Gasteiger partial charge >= 0.3 is 5.97 Å². The lowest BCUT2D eigenvalue weighted by atomic mass is 10.0. The molecule has 0 atom stereocenters. The molecule has 8 heteroatoms. The van der Waals surface area contributed by atoms with E-state index in [2.05, 4.69) is 19.8 Å². The average molecular weight is 311 g/mol. The van der Waals surface area contributed by atoms with Crippen molar-refractivity contribution in [2.24, 2.45) is 0 Å². The van der Waals surface area contributed by atoms with Crippen LogP contribution in [0.2, 0.25) is 0 Å². The van der Waals surface area contributed by atoms with Gasteiger partial charge < -0.3 is 9.03 Å². The fourth-order valence-corrected chi connectivity index (χ4v) is 2.07. The van der Waals surface area contributed by atoms with Crippen LogP contribution in [0, 0.1) is 0 Å². The van der Waals surface area contributed by atoms with Gasteiger partial charge in [-0.1, -0.05) is 13.0 Å². The van der Waals surface area contributed by atoms with Crippen molar-refractivity contribution in [2.45, 2.75) is 26.3 Å². The summed E-state index contributed by atoms with van der Waals surface area (Å²) in [6.45, 7) is 3.10. The van der Waals surface area contributed by atoms with Gasteiger partial charge in [0.2, 0.25) is 0 Å². The molecule has 2 aromatic rings. The van der Waals surface area contributed by atoms with Crippen LogP contribution < -0.4 is 4.74 Å². The van der Waals surface area contributed by atoms with E-state index in [9.17, 15) is 4.79 Å². The number of halogens is 1. The summed E-state index contributed by atoms with van der Waals surface area (Å²) < 4.78 is 11.6. The van der Waals surface area contributed by atoms with Crippen molar-refractivity contribution in [3.05, 3.63) is 35.7 Å². The predicted molar refractivity (Wildman–Crippen MR) is 75.0 cm³/mol. The fraction of sp³-hybridized carbons (Fsp3) is 0.385. The van der Waals surface area contributed by atoms with Crippen LogP contribution in [0.4, 0.5) is 0 Å². The first-order chi connectivity index (χ1) is 10.3. The molecule has 0 unspecified atom stereocenters. The summed E-state index contributed by atoms with van der Waals surface area (Å²) in [5.41, 5.74) is 1.20. The molecule has 1 aromatic carbocycles. The minimum Gasteiger partial charge on any atom is -0.493 e. The number of aryl methyl sites for hydroxylation is 1. The Kier molecular flexibility index (Phi) is 5.51. The molecule has 1 aromatic heterocycles. The van der Waals surface area contributed by atoms with Crippen molar-refractivity contribution in [3.63, 3.8) is 0 Å². The SMILES string of the molecule is CCc1c(OCCCn2cnnn2)cccc1C(=O)OCl. The predicted octanol–water partition coefficient (Wildman–Crippen LogP) is 2.02. The molecule has 112 valence electrons. The second-order valence-electron chi connectivity index (χ2n) is 4.28. The normalized spacial score (nSPS) is 10.4. The lowest BCUT2D eigenvalue weighted by molar-refractivity contribution is 0.0749. The lowest BCUT2D eigenvalue weighted by Crippen LogP contribution is -2.09. The first-order valence-electron chi connectivity index (χ1n) is 6.54. The molecule has 0 fully saturated rings. The maximum absolute atomic E-state index is 11.6. The van der Waals surface area contributed by atoms with E-state index in [4.69, 9.17) is 16.6 Å². The number of nitrogens with zero attached hydrogens (tertiary/aromatic N) is 4. The summed E-state index contributed by atoms with van der Waals surface area (Å²) in [4.78, 5) is 11.6. The molecule has 7 nitrogen and oxygen atoms in total. The van der Waals surface area contributed by atoms with Crippen molar-refractivity contribution >= 4 is 17.8 Å². The van der Waals surface area contributed by atoms with Crippen molar-refractivity contribution < 1.29 is 13.8 Å². The molecule has 0 radical (unpaired) electrons. The first-order valence-corrected chi connectivity index (χ1v) is 6.85. The van der Waals surface area contributed by atoms with Crippen LogP contribution in [0.15, 0.2) is 24.5 Å². The van der Waals surface area contributed by atoms with E-state index in [1.54, 1.807) is 23.1 Å². The van der Waals surface area contributed by atoms with Crippen LogP contribution in [0.3, 0.4) is 0 Å². The molecule has 0 aliphatic heterocycles. The highest BCUT2D eigenvalue weighted by atomic mass is 35.5. The van der Waals surface area contributed by atoms with Gasteiger partial charge in [-0.25, -0.2) is 9.48 Å². The fourth-order valence-electron chi connectivity index (χ4n) is 1.99. The standard InChI is InChI=1S/C13H15ClN4O3/c1-2-10-11(13(19)21-14)5-3-6-12(10)20-8-4-7-18-9-15-16-17-18/h3,5-6,9H,2,4,7-8H2,1H3. The molecule has 0 bridgehead atoms. The van der Waals surface area contributed by atoms with Gasteiger partial charge in [-0.05, 0) is 29.0 Å². The smallest absolute Gasteiger partial charge is 0.356 e. The number of tetrazole rings is 1. The molecular formula is C13H15ClN4O3. The van der Waals surface area contributed by atoms with E-state index in [-0.39, 0.29) is 0 Å². The van der Waals surface area contributed by atoms with E-state index in [1.165, 1.54) is 0 Å². The van der Waals surface area contributed by atoms with E-state index < -0.39 is 5.97 Å². The number of ether oxygens (including phenoxy) is 1. The topological polar surface area (TPSA) is 79.1 Å². The van der Waals surface area contributed by atoms with Crippen molar-refractivity contribution in [1.82, 2.24) is 20.2 Å². The highest BCUT2D eigenvalue weighted by Gasteiger charge is 2.15. The number of aromatic nitrogens is 4. The maximum Gasteiger partial charge on any atom is 0.356 e. The van der Waals surface area contributed by atoms with Gasteiger partial charge in [0.15, 0.2) is 0 Å². The van der Waals surface area contributed by atoms with Crippen molar-refractivity contribution in [2.75, 3.05) is 6.61 Å². The van der Waals surface area contributed by atoms with Gasteiger partial charge in [0.05, 0.1) is 12.2 Å². The Labute approximate surface area is 127 Å². The number of rotatable bonds is 7. The van der Waals surface area contributed by atoms with Crippen LogP contribution in [0.25, 0.3) is 0 Å². The van der Waals surface area contributed by atoms with E-state index in [0.29, 0.717) is 30.9 Å². The Morgan fingerprint density at radius 3 is 2.95 bits per heavy atom. The van der Waals surface area contributed by atoms with Crippen LogP contribution in [-0.2, 0) is 17.3 Å². The molecule has 0 saturated heterocycles. The molecule has 0 amide bonds. The largest absolute Gasteiger partial charge is 0.493 e. The highest BCUT2D eigenvalue weighted by molar-refractivity contribution is 6.16. The second-order valence-corrected chi connectivity index (χ2v) is 4.43. The zero-order chi connectivity index (χ0) is 15.1. The van der Waals surface area contributed by atoms with Crippen LogP contribution in [-0.4, -0.2) is 32.8 Å².